The lowest BCUT2D eigenvalue weighted by Gasteiger charge is -2.43. The van der Waals surface area contributed by atoms with E-state index >= 15 is 0 Å². The number of nitrogens with one attached hydrogen (secondary N) is 2. The zero-order valence-corrected chi connectivity index (χ0v) is 28.7. The van der Waals surface area contributed by atoms with Crippen molar-refractivity contribution >= 4 is 63.0 Å². The largest absolute Gasteiger partial charge is 0.490 e. The van der Waals surface area contributed by atoms with Crippen molar-refractivity contribution in [3.63, 3.8) is 0 Å². The summed E-state index contributed by atoms with van der Waals surface area (Å²) in [5.41, 5.74) is 2.26. The Morgan fingerprint density at radius 1 is 0.860 bits per heavy atom. The minimum atomic E-state index is -0.385. The fourth-order valence-electron chi connectivity index (χ4n) is 8.93. The molecule has 7 atom stereocenters. The molecule has 9 nitrogen and oxygen atoms in total. The van der Waals surface area contributed by atoms with Gasteiger partial charge in [-0.3, -0.25) is 24.1 Å². The second-order valence-electron chi connectivity index (χ2n) is 13.3. The first kappa shape index (κ1) is 31.1. The van der Waals surface area contributed by atoms with E-state index in [2.05, 4.69) is 10.3 Å². The molecule has 1 aromatic heterocycles. The predicted molar refractivity (Wildman–Crippen MR) is 193 cm³/mol. The van der Waals surface area contributed by atoms with Gasteiger partial charge in [0.2, 0.25) is 11.8 Å². The standard InChI is InChI=1S/C39H33N3O6S2/c1-2-47-28-17-22(13-15-27(28)48-19-29(43)40-23-14-12-20-8-6-7-9-21(20)16-23)30-31-25-18-26(34(31)49-36-35(30)50-39(46)41-36)33-32(25)37(44)42(38(33)45)24-10-4-3-5-11-24/h3-17,25-26,30-34H,2,18-19H2,1H3,(H,40,43)(H,41,46)/t25-,26-,30+,31-,32+,33+,34-/m1/s1. The summed E-state index contributed by atoms with van der Waals surface area (Å²) >= 11 is 2.87. The number of thioether (sulfide) groups is 1. The number of rotatable bonds is 8. The minimum Gasteiger partial charge on any atom is -0.490 e. The number of imide groups is 1. The quantitative estimate of drug-likeness (QED) is 0.173. The third kappa shape index (κ3) is 4.97. The van der Waals surface area contributed by atoms with Crippen LogP contribution < -0.4 is 24.6 Å². The van der Waals surface area contributed by atoms with Crippen LogP contribution in [-0.4, -0.2) is 41.2 Å². The lowest BCUT2D eigenvalue weighted by molar-refractivity contribution is -0.123. The number of thiazole rings is 1. The maximum atomic E-state index is 14.0. The van der Waals surface area contributed by atoms with Crippen LogP contribution in [0.1, 0.15) is 29.7 Å². The highest BCUT2D eigenvalue weighted by molar-refractivity contribution is 8.00. The Morgan fingerprint density at radius 2 is 1.62 bits per heavy atom. The highest BCUT2D eigenvalue weighted by Crippen LogP contribution is 2.68. The first-order valence-electron chi connectivity index (χ1n) is 16.9. The molecular weight excluding hydrogens is 671 g/mol. The van der Waals surface area contributed by atoms with Gasteiger partial charge in [-0.05, 0) is 83.8 Å². The molecular formula is C39H33N3O6S2. The Labute approximate surface area is 296 Å². The zero-order valence-electron chi connectivity index (χ0n) is 27.0. The molecule has 11 heteroatoms. The number of ether oxygens (including phenoxy) is 2. The normalized spacial score (nSPS) is 26.1. The number of hydrogen-bond acceptors (Lipinski definition) is 8. The molecule has 3 fully saturated rings. The van der Waals surface area contributed by atoms with Crippen LogP contribution in [-0.2, 0) is 14.4 Å². The van der Waals surface area contributed by atoms with Gasteiger partial charge in [0, 0.05) is 21.7 Å². The number of aromatic nitrogens is 1. The molecule has 2 aliphatic carbocycles. The molecule has 2 bridgehead atoms. The number of carbonyl (C=O) groups is 3. The summed E-state index contributed by atoms with van der Waals surface area (Å²) < 4.78 is 12.1. The zero-order chi connectivity index (χ0) is 34.1. The summed E-state index contributed by atoms with van der Waals surface area (Å²) in [7, 11) is 0. The number of nitrogens with zero attached hydrogens (tertiary/aromatic N) is 1. The van der Waals surface area contributed by atoms with Crippen molar-refractivity contribution in [2.24, 2.45) is 29.6 Å². The monoisotopic (exact) mass is 703 g/mol. The number of amides is 3. The van der Waals surface area contributed by atoms with Crippen molar-refractivity contribution in [3.05, 3.63) is 111 Å². The average Bonchev–Trinajstić information content (AvgIpc) is 3.86. The summed E-state index contributed by atoms with van der Waals surface area (Å²) in [6.45, 7) is 2.07. The topological polar surface area (TPSA) is 118 Å². The van der Waals surface area contributed by atoms with E-state index in [1.807, 2.05) is 97.9 Å². The molecule has 5 aromatic rings. The van der Waals surface area contributed by atoms with Crippen molar-refractivity contribution in [2.45, 2.75) is 29.5 Å². The van der Waals surface area contributed by atoms with Crippen LogP contribution in [0.4, 0.5) is 11.4 Å². The van der Waals surface area contributed by atoms with Crippen LogP contribution in [0.3, 0.4) is 0 Å². The molecule has 3 amide bonds. The summed E-state index contributed by atoms with van der Waals surface area (Å²) in [5.74, 6) is -0.416. The van der Waals surface area contributed by atoms with E-state index < -0.39 is 0 Å². The maximum Gasteiger partial charge on any atom is 0.305 e. The molecule has 2 aliphatic heterocycles. The van der Waals surface area contributed by atoms with Crippen LogP contribution in [0.2, 0.25) is 0 Å². The van der Waals surface area contributed by atoms with Crippen molar-refractivity contribution < 1.29 is 23.9 Å². The fraction of sp³-hybridized carbons (Fsp3) is 0.282. The van der Waals surface area contributed by atoms with Crippen molar-refractivity contribution in [1.82, 2.24) is 4.98 Å². The number of carbonyl (C=O) groups excluding carboxylic acids is 3. The van der Waals surface area contributed by atoms with E-state index in [1.54, 1.807) is 11.8 Å². The third-order valence-electron chi connectivity index (χ3n) is 10.8. The van der Waals surface area contributed by atoms with Gasteiger partial charge in [0.05, 0.1) is 29.2 Å². The summed E-state index contributed by atoms with van der Waals surface area (Å²) in [4.78, 5) is 58.9. The van der Waals surface area contributed by atoms with Gasteiger partial charge in [0.1, 0.15) is 0 Å². The van der Waals surface area contributed by atoms with Gasteiger partial charge < -0.3 is 19.8 Å². The van der Waals surface area contributed by atoms with Gasteiger partial charge >= 0.3 is 4.87 Å². The van der Waals surface area contributed by atoms with Crippen LogP contribution >= 0.6 is 23.1 Å². The van der Waals surface area contributed by atoms with Crippen molar-refractivity contribution in [3.8, 4) is 11.5 Å². The number of H-pyrrole nitrogens is 1. The molecule has 3 heterocycles. The number of benzene rings is 4. The fourth-order valence-corrected chi connectivity index (χ4v) is 11.8. The Kier molecular flexibility index (Phi) is 7.58. The van der Waals surface area contributed by atoms with Gasteiger partial charge in [-0.25, -0.2) is 0 Å². The second kappa shape index (κ2) is 12.2. The number of hydrogen-bond donors (Lipinski definition) is 2. The molecule has 0 unspecified atom stereocenters. The SMILES string of the molecule is CCOc1cc([C@@H]2c3sc(=O)[nH]c3S[C@@H]3[C@@H]4C[C@@H]([C@@H]5C(=O)N(c6ccccc6)C(=O)[C@@H]45)[C@H]23)ccc1OCC(=O)Nc1ccc2ccccc2c1. The number of fused-ring (bicyclic) bond motifs is 10. The Bertz CT molecular complexity index is 2230. The second-order valence-corrected chi connectivity index (χ2v) is 15.5. The Hall–Kier alpha value is -4.87. The summed E-state index contributed by atoms with van der Waals surface area (Å²) in [6, 6.07) is 28.7. The molecule has 252 valence electrons. The predicted octanol–water partition coefficient (Wildman–Crippen LogP) is 6.68. The molecule has 2 N–H and O–H groups in total. The third-order valence-corrected chi connectivity index (χ3v) is 13.3. The lowest BCUT2D eigenvalue weighted by Crippen LogP contribution is -2.42. The van der Waals surface area contributed by atoms with Gasteiger partial charge in [0.25, 0.3) is 5.91 Å². The highest BCUT2D eigenvalue weighted by Gasteiger charge is 2.69. The van der Waals surface area contributed by atoms with E-state index in [0.29, 0.717) is 29.5 Å². The van der Waals surface area contributed by atoms with Crippen LogP contribution in [0.5, 0.6) is 11.5 Å². The molecule has 1 saturated heterocycles. The maximum absolute atomic E-state index is 14.0. The first-order valence-corrected chi connectivity index (χ1v) is 18.6. The number of anilines is 2. The highest BCUT2D eigenvalue weighted by atomic mass is 32.2. The molecule has 0 spiro atoms. The van der Waals surface area contributed by atoms with E-state index in [-0.39, 0.29) is 70.0 Å². The number of aromatic amines is 1. The molecule has 2 saturated carbocycles. The van der Waals surface area contributed by atoms with Gasteiger partial charge in [-0.15, -0.1) is 11.8 Å². The van der Waals surface area contributed by atoms with Gasteiger partial charge in [-0.1, -0.05) is 65.9 Å². The smallest absolute Gasteiger partial charge is 0.305 e. The van der Waals surface area contributed by atoms with E-state index in [1.165, 1.54) is 16.2 Å². The van der Waals surface area contributed by atoms with Crippen LogP contribution in [0, 0.1) is 29.6 Å². The van der Waals surface area contributed by atoms with Crippen LogP contribution in [0.25, 0.3) is 10.8 Å². The first-order chi connectivity index (χ1) is 24.4. The lowest BCUT2D eigenvalue weighted by atomic mass is 9.68. The van der Waals surface area contributed by atoms with Crippen molar-refractivity contribution in [2.75, 3.05) is 23.4 Å². The Balaban J connectivity index is 1.00. The average molecular weight is 704 g/mol. The molecule has 4 aromatic carbocycles. The molecule has 9 rings (SSSR count). The van der Waals surface area contributed by atoms with Crippen molar-refractivity contribution in [1.29, 1.82) is 0 Å². The molecule has 50 heavy (non-hydrogen) atoms. The van der Waals surface area contributed by atoms with E-state index in [0.717, 1.165) is 32.7 Å². The number of para-hydroxylation sites is 1. The summed E-state index contributed by atoms with van der Waals surface area (Å²) in [5, 5.41) is 5.95. The minimum absolute atomic E-state index is 0.00622. The van der Waals surface area contributed by atoms with E-state index in [4.69, 9.17) is 9.47 Å². The van der Waals surface area contributed by atoms with E-state index in [9.17, 15) is 19.2 Å². The molecule has 0 radical (unpaired) electrons. The summed E-state index contributed by atoms with van der Waals surface area (Å²) in [6.07, 6.45) is 0.805. The van der Waals surface area contributed by atoms with Crippen LogP contribution in [0.15, 0.2) is 101 Å². The Morgan fingerprint density at radius 3 is 2.42 bits per heavy atom. The van der Waals surface area contributed by atoms with Gasteiger partial charge in [0.15, 0.2) is 18.1 Å². The molecule has 4 aliphatic rings. The van der Waals surface area contributed by atoms with Gasteiger partial charge in [-0.2, -0.15) is 0 Å².